The van der Waals surface area contributed by atoms with Crippen molar-refractivity contribution in [3.8, 4) is 5.75 Å². The van der Waals surface area contributed by atoms with Crippen LogP contribution in [0.5, 0.6) is 5.75 Å². The first-order valence-electron chi connectivity index (χ1n) is 8.79. The van der Waals surface area contributed by atoms with E-state index in [1.54, 1.807) is 55.6 Å². The van der Waals surface area contributed by atoms with E-state index in [0.717, 1.165) is 0 Å². The van der Waals surface area contributed by atoms with Gasteiger partial charge in [0.1, 0.15) is 5.75 Å². The van der Waals surface area contributed by atoms with Crippen LogP contribution in [0, 0.1) is 0 Å². The van der Waals surface area contributed by atoms with Gasteiger partial charge in [-0.15, -0.1) is 0 Å². The number of nitrogens with zero attached hydrogens (tertiary/aromatic N) is 1. The molecule has 0 radical (unpaired) electrons. The molecule has 0 saturated heterocycles. The quantitative estimate of drug-likeness (QED) is 0.625. The number of pyridine rings is 1. The number of nitrogens with one attached hydrogen (secondary N) is 2. The standard InChI is InChI=1S/C22H19N3O4/c1-14(26)15-6-8-18(9-7-15)24-21(27)16-10-17(13-23-12-16)22(28)25-19-4-3-5-20(11-19)29-2/h3-13H,1-2H3,(H,24,27)(H,25,28). The summed E-state index contributed by atoms with van der Waals surface area (Å²) in [5.41, 5.74) is 2.13. The molecule has 2 N–H and O–H groups in total. The summed E-state index contributed by atoms with van der Waals surface area (Å²) < 4.78 is 5.13. The third kappa shape index (κ3) is 5.04. The van der Waals surface area contributed by atoms with Crippen LogP contribution in [0.2, 0.25) is 0 Å². The van der Waals surface area contributed by atoms with Gasteiger partial charge in [0.25, 0.3) is 11.8 Å². The predicted molar refractivity (Wildman–Crippen MR) is 110 cm³/mol. The molecule has 3 rings (SSSR count). The molecular formula is C22H19N3O4. The highest BCUT2D eigenvalue weighted by Gasteiger charge is 2.12. The van der Waals surface area contributed by atoms with Crippen LogP contribution < -0.4 is 15.4 Å². The second-order valence-electron chi connectivity index (χ2n) is 6.24. The number of benzene rings is 2. The van der Waals surface area contributed by atoms with Gasteiger partial charge in [0.05, 0.1) is 18.2 Å². The van der Waals surface area contributed by atoms with E-state index in [9.17, 15) is 14.4 Å². The second kappa shape index (κ2) is 8.79. The molecule has 0 aliphatic rings. The number of anilines is 2. The molecule has 0 atom stereocenters. The third-order valence-electron chi connectivity index (χ3n) is 4.14. The van der Waals surface area contributed by atoms with Crippen LogP contribution in [0.1, 0.15) is 38.0 Å². The molecule has 1 heterocycles. The number of rotatable bonds is 6. The van der Waals surface area contributed by atoms with Crippen molar-refractivity contribution in [2.75, 3.05) is 17.7 Å². The van der Waals surface area contributed by atoms with E-state index in [1.807, 2.05) is 0 Å². The fourth-order valence-electron chi connectivity index (χ4n) is 2.58. The topological polar surface area (TPSA) is 97.4 Å². The van der Waals surface area contributed by atoms with Gasteiger partial charge in [-0.25, -0.2) is 0 Å². The lowest BCUT2D eigenvalue weighted by Crippen LogP contribution is -2.16. The molecule has 7 heteroatoms. The van der Waals surface area contributed by atoms with Gasteiger partial charge >= 0.3 is 0 Å². The average Bonchev–Trinajstić information content (AvgIpc) is 2.74. The Labute approximate surface area is 167 Å². The fourth-order valence-corrected chi connectivity index (χ4v) is 2.58. The Morgan fingerprint density at radius 1 is 0.793 bits per heavy atom. The number of methoxy groups -OCH3 is 1. The lowest BCUT2D eigenvalue weighted by Gasteiger charge is -2.09. The van der Waals surface area contributed by atoms with Gasteiger partial charge < -0.3 is 15.4 Å². The number of ether oxygens (including phenoxy) is 1. The summed E-state index contributed by atoms with van der Waals surface area (Å²) in [6.45, 7) is 1.47. The Kier molecular flexibility index (Phi) is 5.99. The van der Waals surface area contributed by atoms with Crippen LogP contribution in [-0.4, -0.2) is 29.7 Å². The van der Waals surface area contributed by atoms with Crippen LogP contribution in [0.4, 0.5) is 11.4 Å². The van der Waals surface area contributed by atoms with E-state index in [1.165, 1.54) is 25.4 Å². The van der Waals surface area contributed by atoms with E-state index >= 15 is 0 Å². The van der Waals surface area contributed by atoms with Crippen LogP contribution >= 0.6 is 0 Å². The molecule has 29 heavy (non-hydrogen) atoms. The summed E-state index contributed by atoms with van der Waals surface area (Å²) in [4.78, 5) is 40.3. The third-order valence-corrected chi connectivity index (χ3v) is 4.14. The minimum Gasteiger partial charge on any atom is -0.497 e. The van der Waals surface area contributed by atoms with Crippen molar-refractivity contribution < 1.29 is 19.1 Å². The molecule has 2 aromatic carbocycles. The van der Waals surface area contributed by atoms with Gasteiger partial charge in [0.2, 0.25) is 0 Å². The van der Waals surface area contributed by atoms with Gasteiger partial charge in [-0.1, -0.05) is 6.07 Å². The minimum atomic E-state index is -0.413. The minimum absolute atomic E-state index is 0.0539. The maximum absolute atomic E-state index is 12.5. The van der Waals surface area contributed by atoms with Crippen molar-refractivity contribution in [3.63, 3.8) is 0 Å². The first kappa shape index (κ1) is 19.8. The van der Waals surface area contributed by atoms with Crippen LogP contribution in [-0.2, 0) is 0 Å². The number of Topliss-reactive ketones (excluding diaryl/α,β-unsaturated/α-hetero) is 1. The van der Waals surface area contributed by atoms with Crippen molar-refractivity contribution in [3.05, 3.63) is 83.7 Å². The monoisotopic (exact) mass is 389 g/mol. The highest BCUT2D eigenvalue weighted by molar-refractivity contribution is 6.08. The summed E-state index contributed by atoms with van der Waals surface area (Å²) in [7, 11) is 1.54. The molecule has 2 amide bonds. The molecule has 7 nitrogen and oxygen atoms in total. The number of hydrogen-bond acceptors (Lipinski definition) is 5. The molecule has 0 unspecified atom stereocenters. The summed E-state index contributed by atoms with van der Waals surface area (Å²) in [6, 6.07) is 15.0. The van der Waals surface area contributed by atoms with Crippen molar-refractivity contribution in [2.45, 2.75) is 6.92 Å². The van der Waals surface area contributed by atoms with Gasteiger partial charge in [0.15, 0.2) is 5.78 Å². The van der Waals surface area contributed by atoms with Crippen LogP contribution in [0.15, 0.2) is 67.0 Å². The SMILES string of the molecule is COc1cccc(NC(=O)c2cncc(C(=O)Nc3ccc(C(C)=O)cc3)c2)c1. The molecule has 0 aliphatic heterocycles. The maximum Gasteiger partial charge on any atom is 0.257 e. The van der Waals surface area contributed by atoms with E-state index < -0.39 is 11.8 Å². The zero-order chi connectivity index (χ0) is 20.8. The van der Waals surface area contributed by atoms with Crippen LogP contribution in [0.25, 0.3) is 0 Å². The summed E-state index contributed by atoms with van der Waals surface area (Å²) >= 11 is 0. The largest absolute Gasteiger partial charge is 0.497 e. The summed E-state index contributed by atoms with van der Waals surface area (Å²) in [5, 5.41) is 5.46. The predicted octanol–water partition coefficient (Wildman–Crippen LogP) is 3.80. The van der Waals surface area contributed by atoms with Gasteiger partial charge in [-0.3, -0.25) is 19.4 Å². The number of ketones is 1. The molecule has 1 aromatic heterocycles. The first-order valence-corrected chi connectivity index (χ1v) is 8.79. The van der Waals surface area contributed by atoms with Crippen molar-refractivity contribution in [1.82, 2.24) is 4.98 Å². The molecule has 0 bridgehead atoms. The van der Waals surface area contributed by atoms with Crippen molar-refractivity contribution in [1.29, 1.82) is 0 Å². The smallest absolute Gasteiger partial charge is 0.257 e. The number of carbonyl (C=O) groups is 3. The summed E-state index contributed by atoms with van der Waals surface area (Å²) in [5.74, 6) is -0.248. The maximum atomic E-state index is 12.5. The highest BCUT2D eigenvalue weighted by atomic mass is 16.5. The van der Waals surface area contributed by atoms with E-state index in [4.69, 9.17) is 4.74 Å². The fraction of sp³-hybridized carbons (Fsp3) is 0.0909. The lowest BCUT2D eigenvalue weighted by atomic mass is 10.1. The molecule has 0 saturated carbocycles. The molecule has 3 aromatic rings. The van der Waals surface area contributed by atoms with Crippen LogP contribution in [0.3, 0.4) is 0 Å². The zero-order valence-corrected chi connectivity index (χ0v) is 15.9. The highest BCUT2D eigenvalue weighted by Crippen LogP contribution is 2.18. The van der Waals surface area contributed by atoms with Gasteiger partial charge in [-0.05, 0) is 49.4 Å². The number of carbonyl (C=O) groups excluding carboxylic acids is 3. The Balaban J connectivity index is 1.71. The summed E-state index contributed by atoms with van der Waals surface area (Å²) in [6.07, 6.45) is 2.76. The Morgan fingerprint density at radius 3 is 2.00 bits per heavy atom. The molecule has 0 spiro atoms. The average molecular weight is 389 g/mol. The normalized spacial score (nSPS) is 10.1. The molecule has 0 aliphatic carbocycles. The number of aromatic nitrogens is 1. The Bertz CT molecular complexity index is 1060. The van der Waals surface area contributed by atoms with Crippen molar-refractivity contribution in [2.24, 2.45) is 0 Å². The lowest BCUT2D eigenvalue weighted by molar-refractivity contribution is 0.101. The Hall–Kier alpha value is -4.00. The molecule has 0 fully saturated rings. The molecular weight excluding hydrogens is 370 g/mol. The van der Waals surface area contributed by atoms with E-state index in [-0.39, 0.29) is 16.9 Å². The first-order chi connectivity index (χ1) is 14.0. The zero-order valence-electron chi connectivity index (χ0n) is 15.9. The van der Waals surface area contributed by atoms with Crippen molar-refractivity contribution >= 4 is 29.0 Å². The molecule has 146 valence electrons. The second-order valence-corrected chi connectivity index (χ2v) is 6.24. The van der Waals surface area contributed by atoms with E-state index in [2.05, 4.69) is 15.6 Å². The number of amides is 2. The Morgan fingerprint density at radius 2 is 1.41 bits per heavy atom. The van der Waals surface area contributed by atoms with E-state index in [0.29, 0.717) is 22.7 Å². The van der Waals surface area contributed by atoms with Gasteiger partial charge in [-0.2, -0.15) is 0 Å². The number of hydrogen-bond donors (Lipinski definition) is 2. The van der Waals surface area contributed by atoms with Gasteiger partial charge in [0, 0.05) is 35.4 Å².